The average Bonchev–Trinajstić information content (AvgIpc) is 3.40. The molecule has 1 heterocycles. The van der Waals surface area contributed by atoms with Gasteiger partial charge in [0.15, 0.2) is 10.9 Å². The van der Waals surface area contributed by atoms with Crippen LogP contribution in [0.5, 0.6) is 0 Å². The van der Waals surface area contributed by atoms with Gasteiger partial charge in [-0.25, -0.2) is 8.42 Å². The van der Waals surface area contributed by atoms with E-state index in [-0.39, 0.29) is 38.4 Å². The minimum absolute atomic E-state index is 0.159. The Morgan fingerprint density at radius 2 is 1.36 bits per heavy atom. The molecule has 6 aromatic rings. The van der Waals surface area contributed by atoms with E-state index in [9.17, 15) is 22.8 Å². The molecule has 0 atom stereocenters. The molecule has 0 saturated heterocycles. The van der Waals surface area contributed by atoms with Crippen LogP contribution in [-0.2, 0) is 19.7 Å². The van der Waals surface area contributed by atoms with Crippen molar-refractivity contribution in [3.05, 3.63) is 154 Å². The quantitative estimate of drug-likeness (QED) is 0.138. The number of aryl methyl sites for hydroxylation is 1. The van der Waals surface area contributed by atoms with Gasteiger partial charge in [-0.2, -0.15) is 0 Å². The van der Waals surface area contributed by atoms with Crippen LogP contribution in [0.2, 0.25) is 0 Å². The van der Waals surface area contributed by atoms with Crippen LogP contribution in [0.25, 0.3) is 22.1 Å². The van der Waals surface area contributed by atoms with Gasteiger partial charge in [0.1, 0.15) is 10.5 Å². The topological polar surface area (TPSA) is 117 Å². The van der Waals surface area contributed by atoms with E-state index in [0.717, 1.165) is 10.0 Å². The molecule has 44 heavy (non-hydrogen) atoms. The van der Waals surface area contributed by atoms with Crippen molar-refractivity contribution in [1.29, 1.82) is 0 Å². The van der Waals surface area contributed by atoms with Crippen molar-refractivity contribution in [1.82, 2.24) is 0 Å². The van der Waals surface area contributed by atoms with Crippen molar-refractivity contribution in [2.24, 2.45) is 0 Å². The van der Waals surface area contributed by atoms with Gasteiger partial charge >= 0.3 is 7.60 Å². The second kappa shape index (κ2) is 11.5. The van der Waals surface area contributed by atoms with Crippen LogP contribution >= 0.6 is 23.5 Å². The van der Waals surface area contributed by atoms with Crippen LogP contribution in [0.3, 0.4) is 0 Å². The number of sulfonamides is 1. The Morgan fingerprint density at radius 3 is 1.93 bits per heavy atom. The van der Waals surface area contributed by atoms with E-state index in [1.54, 1.807) is 103 Å². The first-order chi connectivity index (χ1) is 21.0. The number of benzene rings is 5. The Kier molecular flexibility index (Phi) is 7.86. The Morgan fingerprint density at radius 1 is 0.773 bits per heavy atom. The van der Waals surface area contributed by atoms with Gasteiger partial charge in [0.25, 0.3) is 10.0 Å². The Hall–Kier alpha value is -3.98. The highest BCUT2D eigenvalue weighted by atomic mass is 79.9. The minimum Gasteiger partial charge on any atom is -0.458 e. The third kappa shape index (κ3) is 5.21. The zero-order valence-electron chi connectivity index (χ0n) is 23.4. The molecule has 0 amide bonds. The SMILES string of the molecule is Cc1ccc(NS(=O)(=O)c2c(C(c3ccccc3)(c3ccccc3)P(=O)(O)O)oc3cccc(-c4cccc(Br)c4)c23)cc1. The maximum Gasteiger partial charge on any atom is 0.348 e. The van der Waals surface area contributed by atoms with Gasteiger partial charge in [-0.3, -0.25) is 9.29 Å². The van der Waals surface area contributed by atoms with Gasteiger partial charge in [-0.15, -0.1) is 0 Å². The fourth-order valence-electron chi connectivity index (χ4n) is 5.60. The minimum atomic E-state index is -5.30. The third-order valence-corrected chi connectivity index (χ3v) is 11.0. The zero-order valence-corrected chi connectivity index (χ0v) is 26.7. The fourth-order valence-corrected chi connectivity index (χ4v) is 8.93. The molecule has 1 aromatic heterocycles. The number of fused-ring (bicyclic) bond motifs is 1. The maximum atomic E-state index is 14.6. The van der Waals surface area contributed by atoms with E-state index in [1.165, 1.54) is 0 Å². The standard InChI is InChI=1S/C34H27BrNO6PS/c1-23-18-20-28(21-19-23)36-44(40,41)32-31-29(24-10-8-15-27(35)22-24)16-9-17-30(31)42-33(32)34(43(37,38)39,25-11-4-2-5-12-25)26-13-6-3-7-14-26/h2-22,36H,1H3,(H2,37,38,39). The van der Waals surface area contributed by atoms with E-state index < -0.39 is 22.8 Å². The van der Waals surface area contributed by atoms with Gasteiger partial charge in [0, 0.05) is 15.5 Å². The van der Waals surface area contributed by atoms with Crippen molar-refractivity contribution >= 4 is 50.2 Å². The van der Waals surface area contributed by atoms with Crippen LogP contribution in [0, 0.1) is 6.92 Å². The summed E-state index contributed by atoms with van der Waals surface area (Å²) < 4.78 is 53.1. The van der Waals surface area contributed by atoms with Gasteiger partial charge in [0.2, 0.25) is 0 Å². The van der Waals surface area contributed by atoms with Gasteiger partial charge in [0.05, 0.1) is 0 Å². The van der Waals surface area contributed by atoms with E-state index in [4.69, 9.17) is 4.42 Å². The molecule has 10 heteroatoms. The lowest BCUT2D eigenvalue weighted by Crippen LogP contribution is -2.31. The highest BCUT2D eigenvalue weighted by molar-refractivity contribution is 9.10. The van der Waals surface area contributed by atoms with Gasteiger partial charge < -0.3 is 14.2 Å². The number of anilines is 1. The molecule has 0 aliphatic rings. The van der Waals surface area contributed by atoms with Gasteiger partial charge in [-0.05, 0) is 59.5 Å². The predicted octanol–water partition coefficient (Wildman–Crippen LogP) is 8.44. The molecule has 0 radical (unpaired) electrons. The first-order valence-corrected chi connectivity index (χ1v) is 17.5. The lowest BCUT2D eigenvalue weighted by molar-refractivity contribution is 0.335. The number of halogens is 1. The number of furan rings is 1. The molecule has 3 N–H and O–H groups in total. The maximum absolute atomic E-state index is 14.6. The van der Waals surface area contributed by atoms with Crippen molar-refractivity contribution < 1.29 is 27.2 Å². The average molecular weight is 689 g/mol. The van der Waals surface area contributed by atoms with Crippen LogP contribution < -0.4 is 4.72 Å². The summed E-state index contributed by atoms with van der Waals surface area (Å²) in [6.07, 6.45) is 0. The molecular formula is C34H27BrNO6PS. The molecular weight excluding hydrogens is 661 g/mol. The fraction of sp³-hybridized carbons (Fsp3) is 0.0588. The first kappa shape index (κ1) is 30.1. The second-order valence-corrected chi connectivity index (χ2v) is 14.7. The molecule has 0 aliphatic heterocycles. The lowest BCUT2D eigenvalue weighted by Gasteiger charge is -2.34. The smallest absolute Gasteiger partial charge is 0.348 e. The van der Waals surface area contributed by atoms with Crippen LogP contribution in [-0.4, -0.2) is 18.2 Å². The highest BCUT2D eigenvalue weighted by Gasteiger charge is 2.57. The second-order valence-electron chi connectivity index (χ2n) is 10.4. The Balaban J connectivity index is 1.80. The largest absolute Gasteiger partial charge is 0.458 e. The molecule has 0 fully saturated rings. The molecule has 222 valence electrons. The predicted molar refractivity (Wildman–Crippen MR) is 176 cm³/mol. The van der Waals surface area contributed by atoms with Crippen molar-refractivity contribution in [2.75, 3.05) is 4.72 Å². The van der Waals surface area contributed by atoms with Crippen LogP contribution in [0.4, 0.5) is 5.69 Å². The molecule has 0 saturated carbocycles. The molecule has 0 spiro atoms. The van der Waals surface area contributed by atoms with Crippen molar-refractivity contribution in [3.63, 3.8) is 0 Å². The normalized spacial score (nSPS) is 12.4. The number of nitrogens with one attached hydrogen (secondary N) is 1. The summed E-state index contributed by atoms with van der Waals surface area (Å²) >= 11 is 3.50. The summed E-state index contributed by atoms with van der Waals surface area (Å²) in [6, 6.07) is 35.6. The number of hydrogen-bond donors (Lipinski definition) is 3. The Labute approximate surface area is 263 Å². The highest BCUT2D eigenvalue weighted by Crippen LogP contribution is 2.66. The number of hydrogen-bond acceptors (Lipinski definition) is 4. The van der Waals surface area contributed by atoms with E-state index in [2.05, 4.69) is 20.7 Å². The monoisotopic (exact) mass is 687 g/mol. The summed E-state index contributed by atoms with van der Waals surface area (Å²) in [5.74, 6) is -0.389. The zero-order chi connectivity index (χ0) is 31.1. The number of rotatable bonds is 8. The molecule has 7 nitrogen and oxygen atoms in total. The van der Waals surface area contributed by atoms with Crippen LogP contribution in [0.1, 0.15) is 22.5 Å². The van der Waals surface area contributed by atoms with E-state index in [0.29, 0.717) is 11.1 Å². The molecule has 0 bridgehead atoms. The molecule has 0 unspecified atom stereocenters. The first-order valence-electron chi connectivity index (χ1n) is 13.6. The van der Waals surface area contributed by atoms with Crippen LogP contribution in [0.15, 0.2) is 141 Å². The van der Waals surface area contributed by atoms with Crippen molar-refractivity contribution in [3.8, 4) is 11.1 Å². The molecule has 5 aromatic carbocycles. The molecule has 0 aliphatic carbocycles. The third-order valence-electron chi connectivity index (χ3n) is 7.53. The van der Waals surface area contributed by atoms with Gasteiger partial charge in [-0.1, -0.05) is 119 Å². The summed E-state index contributed by atoms with van der Waals surface area (Å²) in [7, 11) is -9.84. The Bertz CT molecular complexity index is 2090. The summed E-state index contributed by atoms with van der Waals surface area (Å²) in [5.41, 5.74) is 2.94. The van der Waals surface area contributed by atoms with Crippen molar-refractivity contribution in [2.45, 2.75) is 17.0 Å². The summed E-state index contributed by atoms with van der Waals surface area (Å²) in [5, 5.41) is -2.12. The lowest BCUT2D eigenvalue weighted by atomic mass is 9.87. The van der Waals surface area contributed by atoms with E-state index >= 15 is 0 Å². The summed E-state index contributed by atoms with van der Waals surface area (Å²) in [6.45, 7) is 1.89. The van der Waals surface area contributed by atoms with E-state index in [1.807, 2.05) is 31.2 Å². The summed E-state index contributed by atoms with van der Waals surface area (Å²) in [4.78, 5) is 22.4. The molecule has 6 rings (SSSR count).